The largest absolute Gasteiger partial charge is 0.454 e. The van der Waals surface area contributed by atoms with Gasteiger partial charge in [-0.25, -0.2) is 9.78 Å². The van der Waals surface area contributed by atoms with Gasteiger partial charge in [-0.3, -0.25) is 4.79 Å². The predicted octanol–water partition coefficient (Wildman–Crippen LogP) is 2.99. The van der Waals surface area contributed by atoms with Crippen LogP contribution in [0.5, 0.6) is 11.5 Å². The van der Waals surface area contributed by atoms with Gasteiger partial charge in [-0.15, -0.1) is 0 Å². The minimum absolute atomic E-state index is 0.122. The highest BCUT2D eigenvalue weighted by atomic mass is 32.2. The highest BCUT2D eigenvalue weighted by Crippen LogP contribution is 2.32. The Labute approximate surface area is 163 Å². The van der Waals surface area contributed by atoms with Crippen LogP contribution < -0.4 is 14.8 Å². The highest BCUT2D eigenvalue weighted by Gasteiger charge is 2.23. The Kier molecular flexibility index (Phi) is 6.30. The van der Waals surface area contributed by atoms with Crippen LogP contribution in [0, 0.1) is 0 Å². The van der Waals surface area contributed by atoms with E-state index >= 15 is 0 Å². The molecule has 0 aliphatic carbocycles. The first kappa shape index (κ1) is 19.9. The molecule has 1 aromatic carbocycles. The molecule has 3 rings (SSSR count). The normalized spacial score (nSPS) is 13.3. The molecule has 0 saturated heterocycles. The Morgan fingerprint density at radius 1 is 1.29 bits per heavy atom. The van der Waals surface area contributed by atoms with Crippen LogP contribution in [0.4, 0.5) is 8.78 Å². The van der Waals surface area contributed by atoms with Gasteiger partial charge in [0.05, 0.1) is 5.56 Å². The second kappa shape index (κ2) is 8.87. The van der Waals surface area contributed by atoms with Gasteiger partial charge < -0.3 is 19.5 Å². The zero-order chi connectivity index (χ0) is 20.1. The van der Waals surface area contributed by atoms with Crippen LogP contribution in [0.3, 0.4) is 0 Å². The van der Waals surface area contributed by atoms with Gasteiger partial charge in [-0.1, -0.05) is 6.07 Å². The predicted molar refractivity (Wildman–Crippen MR) is 95.4 cm³/mol. The molecule has 1 aliphatic heterocycles. The molecule has 0 unspecified atom stereocenters. The summed E-state index contributed by atoms with van der Waals surface area (Å²) in [5.74, 6) is -2.94. The molecule has 10 heteroatoms. The summed E-state index contributed by atoms with van der Waals surface area (Å²) >= 11 is 0.138. The van der Waals surface area contributed by atoms with Crippen molar-refractivity contribution in [1.82, 2.24) is 10.3 Å². The third-order valence-corrected chi connectivity index (χ3v) is 4.48. The summed E-state index contributed by atoms with van der Waals surface area (Å²) in [6.07, 6.45) is 0.175. The molecule has 148 valence electrons. The van der Waals surface area contributed by atoms with E-state index in [2.05, 4.69) is 10.3 Å². The van der Waals surface area contributed by atoms with Gasteiger partial charge in [0.2, 0.25) is 6.79 Å². The third kappa shape index (κ3) is 4.89. The fourth-order valence-electron chi connectivity index (χ4n) is 2.39. The fourth-order valence-corrected chi connectivity index (χ4v) is 2.95. The minimum Gasteiger partial charge on any atom is -0.454 e. The van der Waals surface area contributed by atoms with E-state index in [1.807, 2.05) is 0 Å². The quantitative estimate of drug-likeness (QED) is 0.555. The number of nitrogens with one attached hydrogen (secondary N) is 1. The zero-order valence-electron chi connectivity index (χ0n) is 14.7. The fraction of sp³-hybridized carbons (Fsp3) is 0.278. The lowest BCUT2D eigenvalue weighted by atomic mass is 10.2. The number of alkyl halides is 2. The molecule has 0 spiro atoms. The maximum atomic E-state index is 12.6. The summed E-state index contributed by atoms with van der Waals surface area (Å²) in [4.78, 5) is 28.2. The number of rotatable bonds is 7. The molecule has 28 heavy (non-hydrogen) atoms. The lowest BCUT2D eigenvalue weighted by Crippen LogP contribution is -2.35. The molecule has 0 saturated carbocycles. The summed E-state index contributed by atoms with van der Waals surface area (Å²) in [6, 6.07) is 7.99. The van der Waals surface area contributed by atoms with E-state index in [4.69, 9.17) is 14.2 Å². The van der Waals surface area contributed by atoms with Crippen molar-refractivity contribution >= 4 is 23.6 Å². The molecule has 1 N–H and O–H groups in total. The second-order valence-electron chi connectivity index (χ2n) is 5.69. The molecule has 2 heterocycles. The Morgan fingerprint density at radius 3 is 2.86 bits per heavy atom. The number of hydrogen-bond acceptors (Lipinski definition) is 7. The van der Waals surface area contributed by atoms with E-state index in [0.717, 1.165) is 5.56 Å². The number of benzene rings is 1. The van der Waals surface area contributed by atoms with Crippen molar-refractivity contribution in [3.63, 3.8) is 0 Å². The molecule has 1 amide bonds. The molecular weight excluding hydrogens is 394 g/mol. The number of ether oxygens (including phenoxy) is 3. The summed E-state index contributed by atoms with van der Waals surface area (Å²) in [6.45, 7) is 1.73. The van der Waals surface area contributed by atoms with Gasteiger partial charge in [0.15, 0.2) is 17.6 Å². The number of aromatic nitrogens is 1. The SMILES string of the molecule is C[C@H](OC(=O)c1cccnc1SC(F)F)C(=O)NCc1ccc2c(c1)OCO2. The smallest absolute Gasteiger partial charge is 0.341 e. The van der Waals surface area contributed by atoms with Crippen molar-refractivity contribution < 1.29 is 32.6 Å². The molecule has 0 fully saturated rings. The second-order valence-corrected chi connectivity index (χ2v) is 6.67. The van der Waals surface area contributed by atoms with Gasteiger partial charge >= 0.3 is 5.97 Å². The van der Waals surface area contributed by atoms with Crippen molar-refractivity contribution in [3.8, 4) is 11.5 Å². The van der Waals surface area contributed by atoms with E-state index in [1.165, 1.54) is 25.3 Å². The number of thioether (sulfide) groups is 1. The highest BCUT2D eigenvalue weighted by molar-refractivity contribution is 7.99. The number of nitrogens with zero attached hydrogens (tertiary/aromatic N) is 1. The van der Waals surface area contributed by atoms with E-state index in [1.54, 1.807) is 18.2 Å². The Bertz CT molecular complexity index is 881. The van der Waals surface area contributed by atoms with E-state index < -0.39 is 23.7 Å². The maximum Gasteiger partial charge on any atom is 0.341 e. The Balaban J connectivity index is 1.56. The lowest BCUT2D eigenvalue weighted by Gasteiger charge is -2.14. The Morgan fingerprint density at radius 2 is 2.07 bits per heavy atom. The van der Waals surface area contributed by atoms with Gasteiger partial charge in [0, 0.05) is 12.7 Å². The van der Waals surface area contributed by atoms with Gasteiger partial charge in [-0.05, 0) is 48.5 Å². The first-order chi connectivity index (χ1) is 13.4. The number of carbonyl (C=O) groups excluding carboxylic acids is 2. The van der Waals surface area contributed by atoms with Crippen LogP contribution in [-0.4, -0.2) is 35.5 Å². The summed E-state index contributed by atoms with van der Waals surface area (Å²) in [5.41, 5.74) is 0.655. The summed E-state index contributed by atoms with van der Waals surface area (Å²) in [7, 11) is 0. The third-order valence-electron chi connectivity index (χ3n) is 3.75. The van der Waals surface area contributed by atoms with Gasteiger partial charge in [-0.2, -0.15) is 8.78 Å². The van der Waals surface area contributed by atoms with Crippen molar-refractivity contribution in [2.75, 3.05) is 6.79 Å². The number of hydrogen-bond donors (Lipinski definition) is 1. The van der Waals surface area contributed by atoms with Crippen molar-refractivity contribution in [2.24, 2.45) is 0 Å². The maximum absolute atomic E-state index is 12.6. The molecule has 1 aromatic heterocycles. The van der Waals surface area contributed by atoms with Gasteiger partial charge in [0.25, 0.3) is 11.7 Å². The lowest BCUT2D eigenvalue weighted by molar-refractivity contribution is -0.129. The Hall–Kier alpha value is -2.88. The van der Waals surface area contributed by atoms with E-state index in [9.17, 15) is 18.4 Å². The first-order valence-corrected chi connectivity index (χ1v) is 9.09. The number of esters is 1. The molecule has 7 nitrogen and oxygen atoms in total. The average Bonchev–Trinajstić information content (AvgIpc) is 3.13. The minimum atomic E-state index is -2.73. The molecule has 0 bridgehead atoms. The van der Waals surface area contributed by atoms with Crippen LogP contribution in [0.1, 0.15) is 22.8 Å². The number of halogens is 2. The molecule has 1 aliphatic rings. The van der Waals surface area contributed by atoms with Crippen LogP contribution in [0.25, 0.3) is 0 Å². The molecule has 0 radical (unpaired) electrons. The molecule has 1 atom stereocenters. The van der Waals surface area contributed by atoms with Crippen LogP contribution in [-0.2, 0) is 16.1 Å². The van der Waals surface area contributed by atoms with Crippen molar-refractivity contribution in [2.45, 2.75) is 30.4 Å². The number of fused-ring (bicyclic) bond motifs is 1. The summed E-state index contributed by atoms with van der Waals surface area (Å²) < 4.78 is 40.8. The number of carbonyl (C=O) groups is 2. The number of amides is 1. The first-order valence-electron chi connectivity index (χ1n) is 8.21. The van der Waals surface area contributed by atoms with E-state index in [0.29, 0.717) is 11.5 Å². The topological polar surface area (TPSA) is 86.8 Å². The average molecular weight is 410 g/mol. The van der Waals surface area contributed by atoms with Crippen molar-refractivity contribution in [3.05, 3.63) is 47.7 Å². The number of pyridine rings is 1. The zero-order valence-corrected chi connectivity index (χ0v) is 15.5. The van der Waals surface area contributed by atoms with Crippen LogP contribution in [0.15, 0.2) is 41.6 Å². The van der Waals surface area contributed by atoms with Crippen molar-refractivity contribution in [1.29, 1.82) is 0 Å². The standard InChI is InChI=1S/C18H16F2N2O5S/c1-10(27-17(24)12-3-2-6-21-16(12)28-18(19)20)15(23)22-8-11-4-5-13-14(7-11)26-9-25-13/h2-7,10,18H,8-9H2,1H3,(H,22,23)/t10-/m0/s1. The molecular formula is C18H16F2N2O5S. The van der Waals surface area contributed by atoms with Crippen LogP contribution in [0.2, 0.25) is 0 Å². The summed E-state index contributed by atoms with van der Waals surface area (Å²) in [5, 5.41) is 2.48. The van der Waals surface area contributed by atoms with E-state index in [-0.39, 0.29) is 35.7 Å². The monoisotopic (exact) mass is 410 g/mol. The van der Waals surface area contributed by atoms with Crippen LogP contribution >= 0.6 is 11.8 Å². The molecule has 2 aromatic rings. The van der Waals surface area contributed by atoms with Gasteiger partial charge in [0.1, 0.15) is 5.03 Å².